The van der Waals surface area contributed by atoms with Gasteiger partial charge in [0, 0.05) is 38.3 Å². The van der Waals surface area contributed by atoms with E-state index in [9.17, 15) is 4.79 Å². The molecule has 4 rings (SSSR count). The Balaban J connectivity index is 1.43. The van der Waals surface area contributed by atoms with E-state index in [1.165, 1.54) is 32.2 Å². The summed E-state index contributed by atoms with van der Waals surface area (Å²) in [4.78, 5) is 24.4. The number of amides is 2. The van der Waals surface area contributed by atoms with Crippen LogP contribution in [-0.2, 0) is 0 Å². The van der Waals surface area contributed by atoms with Gasteiger partial charge in [-0.2, -0.15) is 0 Å². The molecule has 3 aliphatic rings. The minimum atomic E-state index is 0.0119. The maximum absolute atomic E-state index is 12.8. The average molecular weight is 343 g/mol. The van der Waals surface area contributed by atoms with Crippen LogP contribution in [0.2, 0.25) is 0 Å². The van der Waals surface area contributed by atoms with Crippen LogP contribution in [0.4, 0.5) is 16.3 Å². The number of aromatic nitrogens is 1. The maximum Gasteiger partial charge on any atom is 0.322 e. The summed E-state index contributed by atoms with van der Waals surface area (Å²) in [6, 6.07) is 4.85. The zero-order chi connectivity index (χ0) is 17.4. The predicted molar refractivity (Wildman–Crippen MR) is 100 cm³/mol. The van der Waals surface area contributed by atoms with E-state index < -0.39 is 0 Å². The maximum atomic E-state index is 12.8. The van der Waals surface area contributed by atoms with Crippen molar-refractivity contribution < 1.29 is 4.79 Å². The number of carbonyl (C=O) groups excluding carboxylic acids is 1. The average Bonchev–Trinajstić information content (AvgIpc) is 3.26. The lowest BCUT2D eigenvalue weighted by molar-refractivity contribution is 0.0861. The summed E-state index contributed by atoms with van der Waals surface area (Å²) < 4.78 is 0. The first kappa shape index (κ1) is 16.6. The summed E-state index contributed by atoms with van der Waals surface area (Å²) in [5, 5.41) is 3.10. The number of hydrogen-bond donors (Lipinski definition) is 1. The summed E-state index contributed by atoms with van der Waals surface area (Å²) >= 11 is 0. The van der Waals surface area contributed by atoms with Crippen LogP contribution in [-0.4, -0.2) is 65.6 Å². The van der Waals surface area contributed by atoms with Crippen LogP contribution in [0.5, 0.6) is 0 Å². The van der Waals surface area contributed by atoms with Crippen LogP contribution in [0.3, 0.4) is 0 Å². The largest absolute Gasteiger partial charge is 0.357 e. The first-order valence-electron chi connectivity index (χ1n) is 9.66. The Morgan fingerprint density at radius 3 is 2.72 bits per heavy atom. The number of nitrogens with zero attached hydrogens (tertiary/aromatic N) is 4. The van der Waals surface area contributed by atoms with Gasteiger partial charge in [0.05, 0.1) is 11.4 Å². The van der Waals surface area contributed by atoms with Crippen LogP contribution in [0.25, 0.3) is 0 Å². The van der Waals surface area contributed by atoms with E-state index in [0.29, 0.717) is 6.04 Å². The Morgan fingerprint density at radius 1 is 1.16 bits per heavy atom. The van der Waals surface area contributed by atoms with Crippen molar-refractivity contribution in [3.8, 4) is 0 Å². The molecule has 136 valence electrons. The summed E-state index contributed by atoms with van der Waals surface area (Å²) in [6.45, 7) is 9.31. The van der Waals surface area contributed by atoms with E-state index in [1.54, 1.807) is 0 Å². The number of piperazine rings is 1. The van der Waals surface area contributed by atoms with Gasteiger partial charge >= 0.3 is 6.03 Å². The van der Waals surface area contributed by atoms with Gasteiger partial charge in [-0.15, -0.1) is 0 Å². The molecule has 4 heterocycles. The van der Waals surface area contributed by atoms with E-state index in [1.807, 2.05) is 24.0 Å². The zero-order valence-corrected chi connectivity index (χ0v) is 15.4. The molecule has 0 spiro atoms. The van der Waals surface area contributed by atoms with E-state index in [-0.39, 0.29) is 12.1 Å². The number of pyridine rings is 1. The summed E-state index contributed by atoms with van der Waals surface area (Å²) in [7, 11) is 0. The lowest BCUT2D eigenvalue weighted by atomic mass is 10.1. The molecule has 6 nitrogen and oxygen atoms in total. The molecule has 3 aliphatic heterocycles. The highest BCUT2D eigenvalue weighted by Crippen LogP contribution is 2.26. The lowest BCUT2D eigenvalue weighted by Gasteiger charge is -2.42. The molecule has 25 heavy (non-hydrogen) atoms. The molecule has 1 aromatic heterocycles. The van der Waals surface area contributed by atoms with Gasteiger partial charge < -0.3 is 15.1 Å². The Hall–Kier alpha value is -1.82. The van der Waals surface area contributed by atoms with Crippen LogP contribution in [0.1, 0.15) is 38.3 Å². The number of carbonyl (C=O) groups is 1. The standard InChI is InChI=1S/C19H29N5O/c1-14-12-23-11-5-6-16(23)13-24(14)19(25)21-17-7-8-18(20-15(17)2)22-9-3-4-10-22/h7-8,14,16H,3-6,9-13H2,1-2H3,(H,21,25)/t14-,16-/m1/s1. The highest BCUT2D eigenvalue weighted by atomic mass is 16.2. The minimum absolute atomic E-state index is 0.0119. The van der Waals surface area contributed by atoms with Crippen LogP contribution in [0.15, 0.2) is 12.1 Å². The van der Waals surface area contributed by atoms with Gasteiger partial charge in [0.25, 0.3) is 0 Å². The highest BCUT2D eigenvalue weighted by molar-refractivity contribution is 5.90. The number of anilines is 2. The van der Waals surface area contributed by atoms with Crippen molar-refractivity contribution in [2.75, 3.05) is 42.9 Å². The van der Waals surface area contributed by atoms with Crippen LogP contribution < -0.4 is 10.2 Å². The molecule has 0 saturated carbocycles. The summed E-state index contributed by atoms with van der Waals surface area (Å²) in [6.07, 6.45) is 4.95. The fraction of sp³-hybridized carbons (Fsp3) is 0.684. The summed E-state index contributed by atoms with van der Waals surface area (Å²) in [5.41, 5.74) is 1.72. The van der Waals surface area contributed by atoms with E-state index >= 15 is 0 Å². The number of urea groups is 1. The molecule has 0 radical (unpaired) electrons. The Labute approximate surface area is 150 Å². The molecule has 2 atom stereocenters. The summed E-state index contributed by atoms with van der Waals surface area (Å²) in [5.74, 6) is 1.03. The van der Waals surface area contributed by atoms with Gasteiger partial charge in [0.2, 0.25) is 0 Å². The molecular formula is C19H29N5O. The number of nitrogens with one attached hydrogen (secondary N) is 1. The van der Waals surface area contributed by atoms with Crippen LogP contribution in [0, 0.1) is 6.92 Å². The molecule has 0 unspecified atom stereocenters. The fourth-order valence-electron chi connectivity index (χ4n) is 4.46. The molecule has 3 fully saturated rings. The van der Waals surface area contributed by atoms with Crippen molar-refractivity contribution in [2.45, 2.75) is 51.6 Å². The zero-order valence-electron chi connectivity index (χ0n) is 15.4. The van der Waals surface area contributed by atoms with Crippen molar-refractivity contribution in [2.24, 2.45) is 0 Å². The molecule has 3 saturated heterocycles. The Bertz CT molecular complexity index is 643. The SMILES string of the molecule is Cc1nc(N2CCCC2)ccc1NC(=O)N1C[C@H]2CCCN2C[C@H]1C. The first-order chi connectivity index (χ1) is 12.1. The molecular weight excluding hydrogens is 314 g/mol. The Morgan fingerprint density at radius 2 is 1.96 bits per heavy atom. The molecule has 6 heteroatoms. The van der Waals surface area contributed by atoms with Gasteiger partial charge in [-0.05, 0) is 58.2 Å². The first-order valence-corrected chi connectivity index (χ1v) is 9.66. The third-order valence-electron chi connectivity index (χ3n) is 5.94. The van der Waals surface area contributed by atoms with Crippen molar-refractivity contribution in [3.05, 3.63) is 17.8 Å². The molecule has 0 bridgehead atoms. The van der Waals surface area contributed by atoms with Crippen molar-refractivity contribution >= 4 is 17.5 Å². The van der Waals surface area contributed by atoms with E-state index in [4.69, 9.17) is 4.98 Å². The molecule has 0 aliphatic carbocycles. The molecule has 1 N–H and O–H groups in total. The van der Waals surface area contributed by atoms with E-state index in [0.717, 1.165) is 43.4 Å². The normalized spacial score (nSPS) is 26.8. The van der Waals surface area contributed by atoms with Crippen LogP contribution >= 0.6 is 0 Å². The van der Waals surface area contributed by atoms with Gasteiger partial charge in [-0.3, -0.25) is 4.90 Å². The fourth-order valence-corrected chi connectivity index (χ4v) is 4.46. The third-order valence-corrected chi connectivity index (χ3v) is 5.94. The monoisotopic (exact) mass is 343 g/mol. The number of rotatable bonds is 2. The molecule has 2 amide bonds. The topological polar surface area (TPSA) is 51.7 Å². The van der Waals surface area contributed by atoms with Gasteiger partial charge in [-0.1, -0.05) is 0 Å². The second-order valence-electron chi connectivity index (χ2n) is 7.72. The quantitative estimate of drug-likeness (QED) is 0.897. The van der Waals surface area contributed by atoms with Crippen molar-refractivity contribution in [1.82, 2.24) is 14.8 Å². The van der Waals surface area contributed by atoms with Gasteiger partial charge in [0.1, 0.15) is 5.82 Å². The number of fused-ring (bicyclic) bond motifs is 1. The minimum Gasteiger partial charge on any atom is -0.357 e. The Kier molecular flexibility index (Phi) is 4.54. The number of aryl methyl sites for hydroxylation is 1. The van der Waals surface area contributed by atoms with Crippen molar-refractivity contribution in [3.63, 3.8) is 0 Å². The second kappa shape index (κ2) is 6.83. The van der Waals surface area contributed by atoms with Gasteiger partial charge in [-0.25, -0.2) is 9.78 Å². The second-order valence-corrected chi connectivity index (χ2v) is 7.72. The third kappa shape index (κ3) is 3.32. The lowest BCUT2D eigenvalue weighted by Crippen LogP contribution is -2.57. The number of hydrogen-bond acceptors (Lipinski definition) is 4. The highest BCUT2D eigenvalue weighted by Gasteiger charge is 2.36. The molecule has 0 aromatic carbocycles. The van der Waals surface area contributed by atoms with E-state index in [2.05, 4.69) is 22.0 Å². The smallest absolute Gasteiger partial charge is 0.322 e. The van der Waals surface area contributed by atoms with Crippen molar-refractivity contribution in [1.29, 1.82) is 0 Å². The predicted octanol–water partition coefficient (Wildman–Crippen LogP) is 2.69. The molecule has 1 aromatic rings. The van der Waals surface area contributed by atoms with Gasteiger partial charge in [0.15, 0.2) is 0 Å².